The summed E-state index contributed by atoms with van der Waals surface area (Å²) in [6.07, 6.45) is -5.05. The SMILES string of the molecule is CO/N=C(/C(=O)OC)c1cccc(C)c1CO/N=C(\OC(F)(F)F)c1ccc(Cl)cc1Cl. The molecule has 0 fully saturated rings. The molecule has 2 rings (SSSR count). The number of ether oxygens (including phenoxy) is 2. The highest BCUT2D eigenvalue weighted by molar-refractivity contribution is 6.43. The maximum atomic E-state index is 12.9. The second kappa shape index (κ2) is 11.1. The van der Waals surface area contributed by atoms with Gasteiger partial charge in [-0.3, -0.25) is 0 Å². The van der Waals surface area contributed by atoms with Gasteiger partial charge in [0.15, 0.2) is 5.71 Å². The number of hydrogen-bond acceptors (Lipinski definition) is 7. The molecule has 0 bridgehead atoms. The first-order valence-corrected chi connectivity index (χ1v) is 9.52. The van der Waals surface area contributed by atoms with Crippen LogP contribution in [0.25, 0.3) is 0 Å². The number of alkyl halides is 3. The lowest BCUT2D eigenvalue weighted by molar-refractivity contribution is -0.284. The summed E-state index contributed by atoms with van der Waals surface area (Å²) in [5.74, 6) is -1.70. The van der Waals surface area contributed by atoms with Gasteiger partial charge in [0, 0.05) is 16.1 Å². The number of aryl methyl sites for hydroxylation is 1. The molecule has 0 unspecified atom stereocenters. The number of methoxy groups -OCH3 is 1. The fourth-order valence-electron chi connectivity index (χ4n) is 2.55. The third-order valence-electron chi connectivity index (χ3n) is 3.96. The third kappa shape index (κ3) is 6.76. The van der Waals surface area contributed by atoms with E-state index in [0.29, 0.717) is 11.1 Å². The summed E-state index contributed by atoms with van der Waals surface area (Å²) in [6, 6.07) is 8.66. The second-order valence-corrected chi connectivity index (χ2v) is 6.90. The fraction of sp³-hybridized carbons (Fsp3) is 0.250. The molecular weight excluding hydrogens is 476 g/mol. The standard InChI is InChI=1S/C20H17Cl2F3N2O5/c1-11-5-4-6-13(17(26-30-3)19(28)29-2)15(11)10-31-27-18(32-20(23,24)25)14-8-7-12(21)9-16(14)22/h4-9H,10H2,1-3H3/b26-17+,27-18-. The van der Waals surface area contributed by atoms with Gasteiger partial charge in [-0.1, -0.05) is 46.6 Å². The molecule has 12 heteroatoms. The molecular formula is C20H17Cl2F3N2O5. The number of carbonyl (C=O) groups excluding carboxylic acids is 1. The maximum Gasteiger partial charge on any atom is 0.574 e. The molecule has 0 aliphatic heterocycles. The Hall–Kier alpha value is -2.98. The van der Waals surface area contributed by atoms with Crippen LogP contribution in [0.1, 0.15) is 22.3 Å². The van der Waals surface area contributed by atoms with Crippen LogP contribution in [0.5, 0.6) is 0 Å². The van der Waals surface area contributed by atoms with Crippen molar-refractivity contribution in [1.82, 2.24) is 0 Å². The number of benzene rings is 2. The first-order chi connectivity index (χ1) is 15.1. The van der Waals surface area contributed by atoms with Crippen LogP contribution in [0.15, 0.2) is 46.7 Å². The molecule has 32 heavy (non-hydrogen) atoms. The molecule has 2 aromatic rings. The molecule has 0 atom stereocenters. The number of esters is 1. The smallest absolute Gasteiger partial charge is 0.464 e. The molecule has 0 amide bonds. The van der Waals surface area contributed by atoms with Crippen molar-refractivity contribution in [2.45, 2.75) is 19.9 Å². The first-order valence-electron chi connectivity index (χ1n) is 8.76. The highest BCUT2D eigenvalue weighted by Gasteiger charge is 2.34. The normalized spacial score (nSPS) is 12.4. The summed E-state index contributed by atoms with van der Waals surface area (Å²) in [7, 11) is 2.41. The van der Waals surface area contributed by atoms with E-state index in [1.165, 1.54) is 32.4 Å². The van der Waals surface area contributed by atoms with Crippen molar-refractivity contribution in [3.8, 4) is 0 Å². The van der Waals surface area contributed by atoms with Crippen molar-refractivity contribution in [2.24, 2.45) is 10.3 Å². The van der Waals surface area contributed by atoms with Gasteiger partial charge in [0.05, 0.1) is 17.7 Å². The molecule has 0 aromatic heterocycles. The maximum absolute atomic E-state index is 12.9. The lowest BCUT2D eigenvalue weighted by Gasteiger charge is -2.14. The largest absolute Gasteiger partial charge is 0.574 e. The summed E-state index contributed by atoms with van der Waals surface area (Å²) in [5, 5.41) is 7.24. The summed E-state index contributed by atoms with van der Waals surface area (Å²) in [4.78, 5) is 21.9. The van der Waals surface area contributed by atoms with Crippen LogP contribution in [-0.2, 0) is 30.6 Å². The van der Waals surface area contributed by atoms with Crippen LogP contribution in [0.3, 0.4) is 0 Å². The fourth-order valence-corrected chi connectivity index (χ4v) is 3.04. The Morgan fingerprint density at radius 1 is 1.06 bits per heavy atom. The molecule has 0 N–H and O–H groups in total. The van der Waals surface area contributed by atoms with Crippen LogP contribution in [0.2, 0.25) is 10.0 Å². The van der Waals surface area contributed by atoms with Crippen LogP contribution in [-0.4, -0.2) is 38.2 Å². The molecule has 0 spiro atoms. The van der Waals surface area contributed by atoms with Crippen molar-refractivity contribution in [2.75, 3.05) is 14.2 Å². The van der Waals surface area contributed by atoms with Gasteiger partial charge in [-0.05, 0) is 35.8 Å². The van der Waals surface area contributed by atoms with Crippen LogP contribution >= 0.6 is 23.2 Å². The van der Waals surface area contributed by atoms with E-state index in [-0.39, 0.29) is 33.5 Å². The topological polar surface area (TPSA) is 78.7 Å². The molecule has 0 radical (unpaired) electrons. The van der Waals surface area contributed by atoms with Gasteiger partial charge in [-0.25, -0.2) is 4.79 Å². The van der Waals surface area contributed by atoms with E-state index in [4.69, 9.17) is 37.6 Å². The second-order valence-electron chi connectivity index (χ2n) is 6.06. The van der Waals surface area contributed by atoms with E-state index in [0.717, 1.165) is 0 Å². The molecule has 172 valence electrons. The Balaban J connectivity index is 2.42. The average molecular weight is 493 g/mol. The Kier molecular flexibility index (Phi) is 8.73. The minimum Gasteiger partial charge on any atom is -0.464 e. The molecule has 0 aliphatic rings. The quantitative estimate of drug-likeness (QED) is 0.228. The van der Waals surface area contributed by atoms with Crippen molar-refractivity contribution < 1.29 is 37.1 Å². The predicted octanol–water partition coefficient (Wildman–Crippen LogP) is 5.24. The number of carbonyl (C=O) groups is 1. The van der Waals surface area contributed by atoms with Gasteiger partial charge < -0.3 is 19.1 Å². The van der Waals surface area contributed by atoms with E-state index >= 15 is 0 Å². The zero-order valence-corrected chi connectivity index (χ0v) is 18.5. The van der Waals surface area contributed by atoms with Crippen molar-refractivity contribution >= 4 is 40.8 Å². The van der Waals surface area contributed by atoms with Crippen molar-refractivity contribution in [3.05, 3.63) is 68.7 Å². The Labute approximate surface area is 191 Å². The average Bonchev–Trinajstić information content (AvgIpc) is 2.71. The van der Waals surface area contributed by atoms with E-state index in [9.17, 15) is 18.0 Å². The molecule has 7 nitrogen and oxygen atoms in total. The summed E-state index contributed by atoms with van der Waals surface area (Å²) in [6.45, 7) is 1.37. The minimum atomic E-state index is -5.05. The molecule has 0 saturated carbocycles. The molecule has 2 aromatic carbocycles. The van der Waals surface area contributed by atoms with Gasteiger partial charge in [0.2, 0.25) is 0 Å². The zero-order chi connectivity index (χ0) is 23.9. The number of rotatable bonds is 7. The highest BCUT2D eigenvalue weighted by atomic mass is 35.5. The van der Waals surface area contributed by atoms with Gasteiger partial charge in [0.25, 0.3) is 5.90 Å². The van der Waals surface area contributed by atoms with Crippen LogP contribution < -0.4 is 0 Å². The Bertz CT molecular complexity index is 1040. The lowest BCUT2D eigenvalue weighted by Crippen LogP contribution is -2.21. The van der Waals surface area contributed by atoms with Gasteiger partial charge in [0.1, 0.15) is 13.7 Å². The third-order valence-corrected chi connectivity index (χ3v) is 4.50. The number of hydrogen-bond donors (Lipinski definition) is 0. The van der Waals surface area contributed by atoms with Gasteiger partial charge in [-0.15, -0.1) is 13.2 Å². The van der Waals surface area contributed by atoms with Crippen molar-refractivity contribution in [1.29, 1.82) is 0 Å². The van der Waals surface area contributed by atoms with Crippen LogP contribution in [0.4, 0.5) is 13.2 Å². The van der Waals surface area contributed by atoms with Crippen LogP contribution in [0, 0.1) is 6.92 Å². The highest BCUT2D eigenvalue weighted by Crippen LogP contribution is 2.26. The monoisotopic (exact) mass is 492 g/mol. The lowest BCUT2D eigenvalue weighted by atomic mass is 9.99. The molecule has 0 saturated heterocycles. The van der Waals surface area contributed by atoms with E-state index in [1.54, 1.807) is 25.1 Å². The predicted molar refractivity (Wildman–Crippen MR) is 112 cm³/mol. The summed E-state index contributed by atoms with van der Waals surface area (Å²) >= 11 is 11.8. The van der Waals surface area contributed by atoms with Gasteiger partial charge >= 0.3 is 12.3 Å². The van der Waals surface area contributed by atoms with E-state index in [1.807, 2.05) is 0 Å². The van der Waals surface area contributed by atoms with Crippen molar-refractivity contribution in [3.63, 3.8) is 0 Å². The number of oxime groups is 2. The van der Waals surface area contributed by atoms with E-state index < -0.39 is 18.2 Å². The van der Waals surface area contributed by atoms with E-state index in [2.05, 4.69) is 15.0 Å². The zero-order valence-electron chi connectivity index (χ0n) is 17.0. The number of nitrogens with zero attached hydrogens (tertiary/aromatic N) is 2. The summed E-state index contributed by atoms with van der Waals surface area (Å²) < 4.78 is 47.3. The Morgan fingerprint density at radius 2 is 1.78 bits per heavy atom. The number of halogens is 5. The summed E-state index contributed by atoms with van der Waals surface area (Å²) in [5.41, 5.74) is 0.999. The minimum absolute atomic E-state index is 0.124. The van der Waals surface area contributed by atoms with Gasteiger partial charge in [-0.2, -0.15) is 0 Å². The Morgan fingerprint density at radius 3 is 2.38 bits per heavy atom. The first kappa shape index (κ1) is 25.3. The molecule has 0 aliphatic carbocycles. The molecule has 0 heterocycles.